The van der Waals surface area contributed by atoms with E-state index in [0.29, 0.717) is 0 Å². The van der Waals surface area contributed by atoms with E-state index in [1.807, 2.05) is 42.6 Å². The molecule has 29 heavy (non-hydrogen) atoms. The van der Waals surface area contributed by atoms with E-state index < -0.39 is 10.0 Å². The fourth-order valence-electron chi connectivity index (χ4n) is 2.72. The lowest BCUT2D eigenvalue weighted by molar-refractivity contribution is 0.0950. The van der Waals surface area contributed by atoms with Gasteiger partial charge in [-0.15, -0.1) is 11.3 Å². The van der Waals surface area contributed by atoms with Crippen molar-refractivity contribution in [1.82, 2.24) is 15.0 Å². The van der Waals surface area contributed by atoms with Crippen LogP contribution in [0.3, 0.4) is 0 Å². The Labute approximate surface area is 174 Å². The highest BCUT2D eigenvalue weighted by Crippen LogP contribution is 2.16. The fraction of sp³-hybridized carbons (Fsp3) is 0.200. The minimum Gasteiger partial charge on any atom is -0.362 e. The quantitative estimate of drug-likeness (QED) is 0.573. The molecule has 0 saturated carbocycles. The van der Waals surface area contributed by atoms with Gasteiger partial charge in [-0.05, 0) is 35.7 Å². The number of amides is 1. The molecule has 0 atom stereocenters. The number of carbonyl (C=O) groups excluding carboxylic acids is 1. The molecule has 3 aromatic rings. The number of anilines is 1. The van der Waals surface area contributed by atoms with E-state index >= 15 is 0 Å². The average Bonchev–Trinajstić information content (AvgIpc) is 3.24. The third-order valence-corrected chi connectivity index (χ3v) is 6.43. The number of nitrogens with one attached hydrogen (secondary N) is 2. The number of carbonyl (C=O) groups is 1. The minimum atomic E-state index is -3.72. The maximum absolute atomic E-state index is 12.6. The summed E-state index contributed by atoms with van der Waals surface area (Å²) in [5.41, 5.74) is 1.14. The Bertz CT molecular complexity index is 1080. The first kappa shape index (κ1) is 21.0. The van der Waals surface area contributed by atoms with Gasteiger partial charge in [-0.1, -0.05) is 18.2 Å². The van der Waals surface area contributed by atoms with Crippen molar-refractivity contribution >= 4 is 33.1 Å². The normalized spacial score (nSPS) is 11.2. The summed E-state index contributed by atoms with van der Waals surface area (Å²) in [7, 11) is 0.0428. The Morgan fingerprint density at radius 3 is 2.66 bits per heavy atom. The molecular formula is C20H22N4O3S2. The predicted octanol–water partition coefficient (Wildman–Crippen LogP) is 2.62. The standard InChI is InChI=1S/C20H22N4O3S2/c1-24(2)19-16(7-4-10-21-19)13-22-20(25)15-6-3-9-18(12-15)29(26,27)23-14-17-8-5-11-28-17/h3-12,23H,13-14H2,1-2H3,(H,22,25). The zero-order valence-corrected chi connectivity index (χ0v) is 17.8. The molecule has 152 valence electrons. The molecule has 0 unspecified atom stereocenters. The molecule has 0 spiro atoms. The van der Waals surface area contributed by atoms with Gasteiger partial charge in [0.15, 0.2) is 0 Å². The van der Waals surface area contributed by atoms with Crippen LogP contribution in [-0.4, -0.2) is 33.4 Å². The first-order valence-corrected chi connectivity index (χ1v) is 11.2. The summed E-state index contributed by atoms with van der Waals surface area (Å²) in [6, 6.07) is 13.4. The smallest absolute Gasteiger partial charge is 0.251 e. The van der Waals surface area contributed by atoms with Crippen molar-refractivity contribution in [2.75, 3.05) is 19.0 Å². The molecule has 0 fully saturated rings. The van der Waals surface area contributed by atoms with Gasteiger partial charge >= 0.3 is 0 Å². The summed E-state index contributed by atoms with van der Waals surface area (Å²) >= 11 is 1.47. The summed E-state index contributed by atoms with van der Waals surface area (Å²) in [6.45, 7) is 0.499. The number of aromatic nitrogens is 1. The highest BCUT2D eigenvalue weighted by molar-refractivity contribution is 7.89. The molecule has 1 amide bonds. The van der Waals surface area contributed by atoms with Gasteiger partial charge in [-0.2, -0.15) is 0 Å². The van der Waals surface area contributed by atoms with Crippen LogP contribution in [0.15, 0.2) is 65.0 Å². The number of hydrogen-bond donors (Lipinski definition) is 2. The van der Waals surface area contributed by atoms with Crippen LogP contribution >= 0.6 is 11.3 Å². The molecule has 0 bridgehead atoms. The number of nitrogens with zero attached hydrogens (tertiary/aromatic N) is 2. The first-order valence-electron chi connectivity index (χ1n) is 8.88. The molecule has 0 saturated heterocycles. The van der Waals surface area contributed by atoms with Gasteiger partial charge in [-0.3, -0.25) is 4.79 Å². The van der Waals surface area contributed by atoms with E-state index in [4.69, 9.17) is 0 Å². The maximum Gasteiger partial charge on any atom is 0.251 e. The van der Waals surface area contributed by atoms with Crippen molar-refractivity contribution < 1.29 is 13.2 Å². The lowest BCUT2D eigenvalue weighted by Crippen LogP contribution is -2.26. The van der Waals surface area contributed by atoms with E-state index in [1.54, 1.807) is 24.4 Å². The molecular weight excluding hydrogens is 408 g/mol. The summed E-state index contributed by atoms with van der Waals surface area (Å²) in [4.78, 5) is 19.7. The molecule has 1 aromatic carbocycles. The molecule has 0 radical (unpaired) electrons. The number of rotatable bonds is 8. The van der Waals surface area contributed by atoms with Gasteiger partial charge in [0, 0.05) is 49.4 Å². The third kappa shape index (κ3) is 5.41. The van der Waals surface area contributed by atoms with Crippen molar-refractivity contribution in [3.8, 4) is 0 Å². The van der Waals surface area contributed by atoms with E-state index in [9.17, 15) is 13.2 Å². The molecule has 2 heterocycles. The molecule has 0 aliphatic rings. The molecule has 2 aromatic heterocycles. The van der Waals surface area contributed by atoms with Crippen molar-refractivity contribution in [1.29, 1.82) is 0 Å². The lowest BCUT2D eigenvalue weighted by atomic mass is 10.2. The topological polar surface area (TPSA) is 91.4 Å². The zero-order chi connectivity index (χ0) is 20.9. The van der Waals surface area contributed by atoms with Crippen LogP contribution < -0.4 is 14.9 Å². The largest absolute Gasteiger partial charge is 0.362 e. The number of hydrogen-bond acceptors (Lipinski definition) is 6. The summed E-state index contributed by atoms with van der Waals surface area (Å²) in [6.07, 6.45) is 1.69. The molecule has 7 nitrogen and oxygen atoms in total. The van der Waals surface area contributed by atoms with E-state index in [0.717, 1.165) is 16.3 Å². The monoisotopic (exact) mass is 430 g/mol. The molecule has 3 rings (SSSR count). The van der Waals surface area contributed by atoms with Gasteiger partial charge in [0.2, 0.25) is 10.0 Å². The van der Waals surface area contributed by atoms with Crippen molar-refractivity contribution in [3.05, 3.63) is 76.1 Å². The zero-order valence-electron chi connectivity index (χ0n) is 16.1. The van der Waals surface area contributed by atoms with Crippen molar-refractivity contribution in [3.63, 3.8) is 0 Å². The summed E-state index contributed by atoms with van der Waals surface area (Å²) in [5, 5.41) is 4.71. The molecule has 9 heteroatoms. The van der Waals surface area contributed by atoms with Crippen LogP contribution in [0.1, 0.15) is 20.8 Å². The minimum absolute atomic E-state index is 0.0528. The highest BCUT2D eigenvalue weighted by atomic mass is 32.2. The first-order chi connectivity index (χ1) is 13.9. The van der Waals surface area contributed by atoms with Crippen molar-refractivity contribution in [2.24, 2.45) is 0 Å². The van der Waals surface area contributed by atoms with Gasteiger partial charge in [-0.25, -0.2) is 18.1 Å². The predicted molar refractivity (Wildman–Crippen MR) is 115 cm³/mol. The van der Waals surface area contributed by atoms with Crippen LogP contribution in [-0.2, 0) is 23.1 Å². The second kappa shape index (κ2) is 9.17. The third-order valence-electron chi connectivity index (χ3n) is 4.15. The maximum atomic E-state index is 12.6. The van der Waals surface area contributed by atoms with Crippen LogP contribution in [0.5, 0.6) is 0 Å². The highest BCUT2D eigenvalue weighted by Gasteiger charge is 2.17. The Hall–Kier alpha value is -2.75. The van der Waals surface area contributed by atoms with Crippen molar-refractivity contribution in [2.45, 2.75) is 18.0 Å². The Morgan fingerprint density at radius 1 is 1.10 bits per heavy atom. The van der Waals surface area contributed by atoms with Gasteiger partial charge < -0.3 is 10.2 Å². The van der Waals surface area contributed by atoms with Crippen LogP contribution in [0.25, 0.3) is 0 Å². The van der Waals surface area contributed by atoms with Crippen LogP contribution in [0, 0.1) is 0 Å². The fourth-order valence-corrected chi connectivity index (χ4v) is 4.50. The molecule has 0 aliphatic carbocycles. The number of pyridine rings is 1. The summed E-state index contributed by atoms with van der Waals surface area (Å²) < 4.78 is 27.7. The molecule has 2 N–H and O–H groups in total. The number of sulfonamides is 1. The second-order valence-electron chi connectivity index (χ2n) is 6.49. The SMILES string of the molecule is CN(C)c1ncccc1CNC(=O)c1cccc(S(=O)(=O)NCc2cccs2)c1. The second-order valence-corrected chi connectivity index (χ2v) is 9.29. The van der Waals surface area contributed by atoms with E-state index in [-0.39, 0.29) is 29.5 Å². The summed E-state index contributed by atoms with van der Waals surface area (Å²) in [5.74, 6) is 0.413. The van der Waals surface area contributed by atoms with Gasteiger partial charge in [0.05, 0.1) is 4.90 Å². The van der Waals surface area contributed by atoms with E-state index in [1.165, 1.54) is 23.5 Å². The Morgan fingerprint density at radius 2 is 1.93 bits per heavy atom. The average molecular weight is 431 g/mol. The molecule has 0 aliphatic heterocycles. The lowest BCUT2D eigenvalue weighted by Gasteiger charge is -2.16. The van der Waals surface area contributed by atoms with Gasteiger partial charge in [0.25, 0.3) is 5.91 Å². The van der Waals surface area contributed by atoms with Gasteiger partial charge in [0.1, 0.15) is 5.82 Å². The van der Waals surface area contributed by atoms with Crippen LogP contribution in [0.4, 0.5) is 5.82 Å². The van der Waals surface area contributed by atoms with Crippen LogP contribution in [0.2, 0.25) is 0 Å². The Kier molecular flexibility index (Phi) is 6.63. The number of thiophene rings is 1. The Balaban J connectivity index is 1.69. The van der Waals surface area contributed by atoms with E-state index in [2.05, 4.69) is 15.0 Å². The number of benzene rings is 1.